The summed E-state index contributed by atoms with van der Waals surface area (Å²) in [6, 6.07) is 13.6. The third kappa shape index (κ3) is 11.2. The van der Waals surface area contributed by atoms with Crippen LogP contribution >= 0.6 is 11.6 Å². The summed E-state index contributed by atoms with van der Waals surface area (Å²) in [7, 11) is -20.6. The number of nitrogens with zero attached hydrogens (tertiary/aromatic N) is 2. The molecular weight excluding hydrogens is 868 g/mol. The second kappa shape index (κ2) is 18.9. The molecule has 268 valence electrons. The maximum Gasteiger partial charge on any atom is 1.00 e. The second-order valence-electron chi connectivity index (χ2n) is 11.1. The number of hydrogen-bond donors (Lipinski definition) is 3. The minimum atomic E-state index is -5.58. The summed E-state index contributed by atoms with van der Waals surface area (Å²) in [5.74, 6) is -1.32. The van der Waals surface area contributed by atoms with Crippen LogP contribution in [-0.2, 0) is 40.5 Å². The largest absolute Gasteiger partial charge is 1.00 e. The van der Waals surface area contributed by atoms with Gasteiger partial charge in [0.2, 0.25) is 0 Å². The summed E-state index contributed by atoms with van der Waals surface area (Å²) in [5, 5.41) is 25.5. The maximum atomic E-state index is 14.0. The van der Waals surface area contributed by atoms with Crippen LogP contribution in [0.5, 0.6) is 5.75 Å². The smallest absolute Gasteiger partial charge is 0.870 e. The molecule has 6 rings (SSSR count). The zero-order chi connectivity index (χ0) is 37.3. The molecule has 26 heteroatoms. The van der Waals surface area contributed by atoms with Gasteiger partial charge in [-0.15, -0.1) is 21.8 Å². The average molecular weight is 887 g/mol. The van der Waals surface area contributed by atoms with Gasteiger partial charge in [-0.25, -0.2) is 25.3 Å². The van der Waals surface area contributed by atoms with Crippen LogP contribution in [0.2, 0.25) is 0 Å². The third-order valence-electron chi connectivity index (χ3n) is 7.75. The number of rotatable bonds is 10. The Labute approximate surface area is 408 Å². The van der Waals surface area contributed by atoms with Crippen molar-refractivity contribution in [1.29, 1.82) is 0 Å². The number of hydrogen-bond acceptors (Lipinski definition) is 16. The van der Waals surface area contributed by atoms with E-state index >= 15 is 0 Å². The summed E-state index contributed by atoms with van der Waals surface area (Å²) in [4.78, 5) is -3.51. The van der Waals surface area contributed by atoms with Crippen LogP contribution in [-0.4, -0.2) is 69.3 Å². The van der Waals surface area contributed by atoms with Gasteiger partial charge in [0, 0.05) is 16.8 Å². The maximum absolute atomic E-state index is 14.0. The van der Waals surface area contributed by atoms with Crippen molar-refractivity contribution in [3.63, 3.8) is 0 Å². The SMILES string of the molecule is O=S(=O)([O-])c1cccc(NC2C(Cl)C2Nc2cc(S(=O)(=O)[O-])cc3cc(S(=O)(=O)[O-])c(N=Nc4ccc5ccccc5c4S(=O)(=O)O)c([O-])c23)c1.[Na+].[Na+].[Na+].[Na+]. The molecule has 1 saturated carbocycles. The van der Waals surface area contributed by atoms with Crippen molar-refractivity contribution in [2.24, 2.45) is 10.2 Å². The Balaban J connectivity index is 0.00000261. The monoisotopic (exact) mass is 886 g/mol. The van der Waals surface area contributed by atoms with Gasteiger partial charge in [0.15, 0.2) is 0 Å². The molecular formula is C29H19ClN4Na4O13S4. The fourth-order valence-electron chi connectivity index (χ4n) is 5.40. The van der Waals surface area contributed by atoms with Crippen LogP contribution in [0.3, 0.4) is 0 Å². The first-order valence-electron chi connectivity index (χ1n) is 14.0. The summed E-state index contributed by atoms with van der Waals surface area (Å²) in [6.07, 6.45) is 0. The van der Waals surface area contributed by atoms with Gasteiger partial charge in [-0.1, -0.05) is 42.1 Å². The predicted octanol–water partition coefficient (Wildman–Crippen LogP) is -8.66. The minimum absolute atomic E-state index is 0. The third-order valence-corrected chi connectivity index (χ3v) is 11.7. The predicted molar refractivity (Wildman–Crippen MR) is 176 cm³/mol. The van der Waals surface area contributed by atoms with Gasteiger partial charge in [-0.3, -0.25) is 4.55 Å². The molecule has 17 nitrogen and oxygen atoms in total. The van der Waals surface area contributed by atoms with E-state index in [9.17, 15) is 57.0 Å². The molecule has 55 heavy (non-hydrogen) atoms. The van der Waals surface area contributed by atoms with E-state index in [1.54, 1.807) is 6.07 Å². The zero-order valence-corrected chi connectivity index (χ0v) is 41.0. The van der Waals surface area contributed by atoms with Gasteiger partial charge in [-0.2, -0.15) is 8.42 Å². The summed E-state index contributed by atoms with van der Waals surface area (Å²) >= 11 is 6.41. The normalized spacial score (nSPS) is 17.0. The summed E-state index contributed by atoms with van der Waals surface area (Å²) < 4.78 is 142. The molecule has 5 aromatic rings. The Morgan fingerprint density at radius 2 is 1.27 bits per heavy atom. The van der Waals surface area contributed by atoms with Crippen molar-refractivity contribution in [2.45, 2.75) is 37.0 Å². The number of fused-ring (bicyclic) bond motifs is 2. The number of nitrogens with one attached hydrogen (secondary N) is 2. The molecule has 1 fully saturated rings. The molecule has 0 aliphatic heterocycles. The van der Waals surface area contributed by atoms with Crippen LogP contribution in [0.15, 0.2) is 109 Å². The topological polar surface area (TPSA) is 298 Å². The summed E-state index contributed by atoms with van der Waals surface area (Å²) in [5.41, 5.74) is -1.88. The van der Waals surface area contributed by atoms with Crippen LogP contribution in [0.25, 0.3) is 21.5 Å². The fourth-order valence-corrected chi connectivity index (χ4v) is 8.28. The fraction of sp³-hybridized carbons (Fsp3) is 0.103. The average Bonchev–Trinajstić information content (AvgIpc) is 3.62. The van der Waals surface area contributed by atoms with E-state index in [0.717, 1.165) is 24.3 Å². The Bertz CT molecular complexity index is 2780. The van der Waals surface area contributed by atoms with Gasteiger partial charge in [0.25, 0.3) is 10.1 Å². The molecule has 5 aromatic carbocycles. The van der Waals surface area contributed by atoms with Gasteiger partial charge < -0.3 is 29.4 Å². The van der Waals surface area contributed by atoms with Gasteiger partial charge in [0.1, 0.15) is 40.9 Å². The van der Waals surface area contributed by atoms with E-state index < -0.39 is 105 Å². The van der Waals surface area contributed by atoms with E-state index in [1.165, 1.54) is 36.4 Å². The zero-order valence-electron chi connectivity index (χ0n) is 29.0. The summed E-state index contributed by atoms with van der Waals surface area (Å²) in [6.45, 7) is 0. The van der Waals surface area contributed by atoms with Crippen molar-refractivity contribution in [2.75, 3.05) is 10.6 Å². The Hall–Kier alpha value is -0.450. The molecule has 0 saturated heterocycles. The van der Waals surface area contributed by atoms with Gasteiger partial charge >= 0.3 is 118 Å². The van der Waals surface area contributed by atoms with Crippen molar-refractivity contribution in [3.05, 3.63) is 78.9 Å². The van der Waals surface area contributed by atoms with Gasteiger partial charge in [0.05, 0.1) is 37.8 Å². The molecule has 0 spiro atoms. The van der Waals surface area contributed by atoms with Crippen LogP contribution < -0.4 is 134 Å². The van der Waals surface area contributed by atoms with Crippen LogP contribution in [0.4, 0.5) is 22.7 Å². The molecule has 0 aromatic heterocycles. The molecule has 0 amide bonds. The molecule has 0 radical (unpaired) electrons. The molecule has 3 atom stereocenters. The van der Waals surface area contributed by atoms with Crippen LogP contribution in [0.1, 0.15) is 0 Å². The Morgan fingerprint density at radius 1 is 0.655 bits per heavy atom. The minimum Gasteiger partial charge on any atom is -0.870 e. The van der Waals surface area contributed by atoms with E-state index in [0.29, 0.717) is 17.5 Å². The van der Waals surface area contributed by atoms with Crippen molar-refractivity contribution in [1.82, 2.24) is 0 Å². The van der Waals surface area contributed by atoms with Crippen LogP contribution in [0, 0.1) is 0 Å². The Kier molecular flexibility index (Phi) is 17.4. The number of alkyl halides is 1. The molecule has 1 aliphatic carbocycles. The second-order valence-corrected chi connectivity index (χ2v) is 17.1. The molecule has 0 heterocycles. The standard InChI is InChI=1S/C29H23ClN4O13S4.4Na/c30-24-26(31-16-5-3-6-17(12-16)48(36,37)38)27(24)32-21-13-18(49(39,40)41)10-15-11-22(50(42,43)44)25(28(35)23(15)21)34-33-20-9-8-14-4-1-2-7-19(14)29(20)51(45,46)47;;;;/h1-13,24,26-27,31-32,35H,(H,36,37,38)(H,39,40,41)(H,42,43,44)(H,45,46,47);;;;/q;4*+1/p-4. The van der Waals surface area contributed by atoms with E-state index in [4.69, 9.17) is 11.6 Å². The number of azo groups is 1. The molecule has 3 unspecified atom stereocenters. The first-order valence-corrected chi connectivity index (χ1v) is 20.1. The van der Waals surface area contributed by atoms with Crippen molar-refractivity contribution < 1.29 is 175 Å². The van der Waals surface area contributed by atoms with Gasteiger partial charge in [-0.05, 0) is 58.6 Å². The first-order chi connectivity index (χ1) is 23.6. The molecule has 0 bridgehead atoms. The quantitative estimate of drug-likeness (QED) is 0.0508. The van der Waals surface area contributed by atoms with Crippen molar-refractivity contribution >= 4 is 96.4 Å². The first kappa shape index (κ1) is 50.7. The van der Waals surface area contributed by atoms with E-state index in [2.05, 4.69) is 20.9 Å². The number of anilines is 2. The Morgan fingerprint density at radius 3 is 1.87 bits per heavy atom. The number of halogens is 1. The van der Waals surface area contributed by atoms with E-state index in [1.807, 2.05) is 0 Å². The molecule has 1 aliphatic rings. The molecule has 3 N–H and O–H groups in total. The van der Waals surface area contributed by atoms with Crippen molar-refractivity contribution in [3.8, 4) is 5.75 Å². The number of benzene rings is 5. The van der Waals surface area contributed by atoms with E-state index in [-0.39, 0.29) is 135 Å².